The minimum Gasteiger partial charge on any atom is -0.493 e. The van der Waals surface area contributed by atoms with Crippen LogP contribution in [-0.2, 0) is 10.0 Å². The van der Waals surface area contributed by atoms with Gasteiger partial charge in [-0.05, 0) is 25.1 Å². The van der Waals surface area contributed by atoms with Crippen LogP contribution in [0.1, 0.15) is 22.9 Å². The summed E-state index contributed by atoms with van der Waals surface area (Å²) in [6, 6.07) is 11.0. The van der Waals surface area contributed by atoms with Crippen LogP contribution >= 0.6 is 11.3 Å². The third-order valence-electron chi connectivity index (χ3n) is 3.71. The zero-order valence-corrected chi connectivity index (χ0v) is 13.6. The maximum Gasteiger partial charge on any atom is 0.252 e. The molecular weight excluding hydrogens is 306 g/mol. The van der Waals surface area contributed by atoms with Crippen molar-refractivity contribution in [3.63, 3.8) is 0 Å². The van der Waals surface area contributed by atoms with Crippen molar-refractivity contribution >= 4 is 21.4 Å². The Balaban J connectivity index is 1.98. The molecule has 0 aliphatic carbocycles. The van der Waals surface area contributed by atoms with Gasteiger partial charge in [-0.25, -0.2) is 8.42 Å². The fourth-order valence-electron chi connectivity index (χ4n) is 2.56. The molecule has 0 saturated carbocycles. The Morgan fingerprint density at radius 1 is 1.24 bits per heavy atom. The largest absolute Gasteiger partial charge is 0.493 e. The van der Waals surface area contributed by atoms with Gasteiger partial charge >= 0.3 is 0 Å². The molecular formula is C15H17NO3S2. The highest BCUT2D eigenvalue weighted by Crippen LogP contribution is 2.38. The van der Waals surface area contributed by atoms with Crippen molar-refractivity contribution < 1.29 is 13.2 Å². The van der Waals surface area contributed by atoms with Crippen molar-refractivity contribution in [2.75, 3.05) is 13.7 Å². The Hall–Kier alpha value is -1.37. The van der Waals surface area contributed by atoms with Gasteiger partial charge in [0.05, 0.1) is 12.6 Å². The molecule has 0 saturated heterocycles. The maximum atomic E-state index is 12.8. The minimum absolute atomic E-state index is 0.178. The minimum atomic E-state index is -3.46. The van der Waals surface area contributed by atoms with Gasteiger partial charge in [0, 0.05) is 23.9 Å². The first kappa shape index (κ1) is 14.6. The Bertz CT molecular complexity index is 752. The Morgan fingerprint density at radius 2 is 2.00 bits per heavy atom. The monoisotopic (exact) mass is 323 g/mol. The molecule has 0 fully saturated rings. The van der Waals surface area contributed by atoms with E-state index in [1.165, 1.54) is 15.6 Å². The predicted molar refractivity (Wildman–Crippen MR) is 83.3 cm³/mol. The number of hydrogen-bond acceptors (Lipinski definition) is 4. The lowest BCUT2D eigenvalue weighted by molar-refractivity contribution is 0.221. The molecule has 4 nitrogen and oxygen atoms in total. The summed E-state index contributed by atoms with van der Waals surface area (Å²) in [4.78, 5) is 0.995. The second-order valence-corrected chi connectivity index (χ2v) is 8.59. The second kappa shape index (κ2) is 5.44. The zero-order chi connectivity index (χ0) is 15.0. The van der Waals surface area contributed by atoms with E-state index in [0.717, 1.165) is 16.2 Å². The van der Waals surface area contributed by atoms with Crippen LogP contribution in [-0.4, -0.2) is 26.4 Å². The number of fused-ring (bicyclic) bond motifs is 1. The van der Waals surface area contributed by atoms with Crippen molar-refractivity contribution in [1.82, 2.24) is 4.31 Å². The van der Waals surface area contributed by atoms with Crippen molar-refractivity contribution in [3.8, 4) is 5.75 Å². The SMILES string of the molecule is Cc1ccc(S(=O)(=O)N(C)C2CCOc3ccccc32)s1. The molecule has 1 unspecified atom stereocenters. The summed E-state index contributed by atoms with van der Waals surface area (Å²) in [6.45, 7) is 2.44. The Labute approximate surface area is 129 Å². The lowest BCUT2D eigenvalue weighted by Crippen LogP contribution is -2.34. The van der Waals surface area contributed by atoms with E-state index in [1.54, 1.807) is 13.1 Å². The normalized spacial score (nSPS) is 18.3. The summed E-state index contributed by atoms with van der Waals surface area (Å²) in [7, 11) is -1.81. The summed E-state index contributed by atoms with van der Waals surface area (Å²) < 4.78 is 33.0. The number of aryl methyl sites for hydroxylation is 1. The smallest absolute Gasteiger partial charge is 0.252 e. The van der Waals surface area contributed by atoms with Gasteiger partial charge in [-0.1, -0.05) is 18.2 Å². The van der Waals surface area contributed by atoms with E-state index in [-0.39, 0.29) is 6.04 Å². The lowest BCUT2D eigenvalue weighted by atomic mass is 10.0. The Morgan fingerprint density at radius 3 is 2.71 bits per heavy atom. The van der Waals surface area contributed by atoms with E-state index < -0.39 is 10.0 Å². The molecule has 112 valence electrons. The summed E-state index contributed by atoms with van der Waals surface area (Å²) in [5, 5.41) is 0. The van der Waals surface area contributed by atoms with Crippen LogP contribution in [0.25, 0.3) is 0 Å². The summed E-state index contributed by atoms with van der Waals surface area (Å²) in [6.07, 6.45) is 0.664. The maximum absolute atomic E-state index is 12.8. The first-order chi connectivity index (χ1) is 10.00. The molecule has 3 rings (SSSR count). The van der Waals surface area contributed by atoms with Crippen LogP contribution in [0.3, 0.4) is 0 Å². The number of hydrogen-bond donors (Lipinski definition) is 0. The van der Waals surface area contributed by atoms with Crippen molar-refractivity contribution in [1.29, 1.82) is 0 Å². The van der Waals surface area contributed by atoms with E-state index in [1.807, 2.05) is 37.3 Å². The van der Waals surface area contributed by atoms with Gasteiger partial charge in [0.25, 0.3) is 10.0 Å². The molecule has 0 bridgehead atoms. The summed E-state index contributed by atoms with van der Waals surface area (Å²) >= 11 is 1.31. The summed E-state index contributed by atoms with van der Waals surface area (Å²) in [5.74, 6) is 0.776. The standard InChI is InChI=1S/C15H17NO3S2/c1-11-7-8-15(20-11)21(17,18)16(2)13-9-10-19-14-6-4-3-5-12(13)14/h3-8,13H,9-10H2,1-2H3. The van der Waals surface area contributed by atoms with E-state index in [9.17, 15) is 8.42 Å². The number of rotatable bonds is 3. The van der Waals surface area contributed by atoms with E-state index in [0.29, 0.717) is 17.2 Å². The molecule has 2 heterocycles. The number of nitrogens with zero attached hydrogens (tertiary/aromatic N) is 1. The van der Waals surface area contributed by atoms with Crippen molar-refractivity contribution in [3.05, 3.63) is 46.8 Å². The number of sulfonamides is 1. The van der Waals surface area contributed by atoms with Gasteiger partial charge in [0.1, 0.15) is 9.96 Å². The molecule has 1 aromatic carbocycles. The molecule has 0 spiro atoms. The average molecular weight is 323 g/mol. The topological polar surface area (TPSA) is 46.6 Å². The molecule has 2 aromatic rings. The fourth-order valence-corrected chi connectivity index (χ4v) is 5.40. The zero-order valence-electron chi connectivity index (χ0n) is 11.9. The van der Waals surface area contributed by atoms with Crippen LogP contribution in [0.15, 0.2) is 40.6 Å². The molecule has 0 N–H and O–H groups in total. The first-order valence-corrected chi connectivity index (χ1v) is 9.02. The van der Waals surface area contributed by atoms with Gasteiger partial charge < -0.3 is 4.74 Å². The number of benzene rings is 1. The summed E-state index contributed by atoms with van der Waals surface area (Å²) in [5.41, 5.74) is 0.933. The highest BCUT2D eigenvalue weighted by Gasteiger charge is 2.33. The van der Waals surface area contributed by atoms with Gasteiger partial charge in [-0.2, -0.15) is 4.31 Å². The number of ether oxygens (including phenoxy) is 1. The molecule has 0 amide bonds. The van der Waals surface area contributed by atoms with Gasteiger partial charge in [-0.15, -0.1) is 11.3 Å². The highest BCUT2D eigenvalue weighted by molar-refractivity contribution is 7.91. The van der Waals surface area contributed by atoms with Crippen LogP contribution in [0.5, 0.6) is 5.75 Å². The molecule has 21 heavy (non-hydrogen) atoms. The van der Waals surface area contributed by atoms with Gasteiger partial charge in [-0.3, -0.25) is 0 Å². The lowest BCUT2D eigenvalue weighted by Gasteiger charge is -2.32. The van der Waals surface area contributed by atoms with Crippen molar-refractivity contribution in [2.24, 2.45) is 0 Å². The predicted octanol–water partition coefficient (Wildman–Crippen LogP) is 3.20. The van der Waals surface area contributed by atoms with Crippen LogP contribution in [0.2, 0.25) is 0 Å². The number of thiophene rings is 1. The van der Waals surface area contributed by atoms with Crippen molar-refractivity contribution in [2.45, 2.75) is 23.6 Å². The number of para-hydroxylation sites is 1. The van der Waals surface area contributed by atoms with Crippen LogP contribution in [0.4, 0.5) is 0 Å². The quantitative estimate of drug-likeness (QED) is 0.871. The van der Waals surface area contributed by atoms with E-state index in [4.69, 9.17) is 4.74 Å². The third-order valence-corrected chi connectivity index (χ3v) is 7.05. The van der Waals surface area contributed by atoms with E-state index in [2.05, 4.69) is 0 Å². The Kier molecular flexibility index (Phi) is 3.77. The first-order valence-electron chi connectivity index (χ1n) is 6.76. The van der Waals surface area contributed by atoms with Gasteiger partial charge in [0.2, 0.25) is 0 Å². The molecule has 1 aromatic heterocycles. The molecule has 6 heteroatoms. The third kappa shape index (κ3) is 2.59. The molecule has 1 aliphatic rings. The molecule has 1 aliphatic heterocycles. The fraction of sp³-hybridized carbons (Fsp3) is 0.333. The van der Waals surface area contributed by atoms with Crippen LogP contribution < -0.4 is 4.74 Å². The average Bonchev–Trinajstić information content (AvgIpc) is 2.93. The molecule has 0 radical (unpaired) electrons. The van der Waals surface area contributed by atoms with Crippen LogP contribution in [0, 0.1) is 6.92 Å². The second-order valence-electron chi connectivity index (χ2n) is 5.08. The highest BCUT2D eigenvalue weighted by atomic mass is 32.2. The molecule has 1 atom stereocenters. The van der Waals surface area contributed by atoms with E-state index >= 15 is 0 Å². The van der Waals surface area contributed by atoms with Gasteiger partial charge in [0.15, 0.2) is 0 Å².